The summed E-state index contributed by atoms with van der Waals surface area (Å²) in [6.45, 7) is 5.97. The van der Waals surface area contributed by atoms with E-state index in [1.54, 1.807) is 30.8 Å². The van der Waals surface area contributed by atoms with Crippen molar-refractivity contribution in [3.05, 3.63) is 89.0 Å². The molecule has 0 fully saturated rings. The second-order valence-corrected chi connectivity index (χ2v) is 10.3. The lowest BCUT2D eigenvalue weighted by Gasteiger charge is -2.11. The molecule has 0 radical (unpaired) electrons. The van der Waals surface area contributed by atoms with Crippen molar-refractivity contribution in [1.82, 2.24) is 0 Å². The average molecular weight is 456 g/mol. The number of sulfonamides is 1. The van der Waals surface area contributed by atoms with Gasteiger partial charge in [-0.3, -0.25) is 4.72 Å². The molecule has 0 aromatic heterocycles. The Bertz CT molecular complexity index is 1170. The van der Waals surface area contributed by atoms with Gasteiger partial charge in [-0.1, -0.05) is 44.2 Å². The fraction of sp³-hybridized carbons (Fsp3) is 0.208. The lowest BCUT2D eigenvalue weighted by molar-refractivity contribution is 0.0696. The molecule has 0 bridgehead atoms. The van der Waals surface area contributed by atoms with Crippen LogP contribution in [0.3, 0.4) is 0 Å². The van der Waals surface area contributed by atoms with Crippen molar-refractivity contribution in [3.63, 3.8) is 0 Å². The number of hydrogen-bond donors (Lipinski definition) is 2. The third-order valence-electron chi connectivity index (χ3n) is 4.91. The van der Waals surface area contributed by atoms with Crippen LogP contribution in [0.5, 0.6) is 0 Å². The van der Waals surface area contributed by atoms with Gasteiger partial charge in [0.05, 0.1) is 10.5 Å². The standard InChI is InChI=1S/C24H25NO4S2/c1-16(2)19-7-5-18(6-8-19)15-30-21-11-9-20(10-12-21)25-31(28,29)22-13-4-17(3)23(14-22)24(26)27/h4-14,16,25H,15H2,1-3H3,(H,26,27). The molecule has 3 rings (SSSR count). The van der Waals surface area contributed by atoms with Crippen molar-refractivity contribution >= 4 is 33.4 Å². The summed E-state index contributed by atoms with van der Waals surface area (Å²) in [6.07, 6.45) is 0. The molecule has 5 nitrogen and oxygen atoms in total. The number of nitrogens with one attached hydrogen (secondary N) is 1. The minimum Gasteiger partial charge on any atom is -0.478 e. The zero-order valence-electron chi connectivity index (χ0n) is 17.6. The van der Waals surface area contributed by atoms with Gasteiger partial charge in [-0.25, -0.2) is 13.2 Å². The molecule has 2 N–H and O–H groups in total. The largest absolute Gasteiger partial charge is 0.478 e. The summed E-state index contributed by atoms with van der Waals surface area (Å²) in [5, 5.41) is 9.23. The maximum absolute atomic E-state index is 12.6. The Morgan fingerprint density at radius 1 is 1.00 bits per heavy atom. The summed E-state index contributed by atoms with van der Waals surface area (Å²) in [5.74, 6) is 0.175. The van der Waals surface area contributed by atoms with Crippen molar-refractivity contribution in [1.29, 1.82) is 0 Å². The van der Waals surface area contributed by atoms with Crippen LogP contribution in [0.25, 0.3) is 0 Å². The molecule has 0 heterocycles. The van der Waals surface area contributed by atoms with Gasteiger partial charge in [-0.15, -0.1) is 11.8 Å². The minimum atomic E-state index is -3.89. The van der Waals surface area contributed by atoms with E-state index in [-0.39, 0.29) is 10.5 Å². The number of aromatic carboxylic acids is 1. The van der Waals surface area contributed by atoms with Crippen LogP contribution in [0.2, 0.25) is 0 Å². The first-order valence-electron chi connectivity index (χ1n) is 9.84. The Hall–Kier alpha value is -2.77. The van der Waals surface area contributed by atoms with Gasteiger partial charge in [0.15, 0.2) is 0 Å². The second kappa shape index (κ2) is 9.58. The molecule has 0 aliphatic carbocycles. The van der Waals surface area contributed by atoms with Crippen LogP contribution in [0, 0.1) is 6.92 Å². The first-order chi connectivity index (χ1) is 14.7. The zero-order valence-corrected chi connectivity index (χ0v) is 19.3. The van der Waals surface area contributed by atoms with Crippen LogP contribution in [0.15, 0.2) is 76.5 Å². The van der Waals surface area contributed by atoms with Crippen LogP contribution in [-0.4, -0.2) is 19.5 Å². The number of carboxylic acid groups (broad SMARTS) is 1. The van der Waals surface area contributed by atoms with Gasteiger partial charge in [0.25, 0.3) is 10.0 Å². The molecule has 0 unspecified atom stereocenters. The molecule has 0 amide bonds. The van der Waals surface area contributed by atoms with Gasteiger partial charge >= 0.3 is 5.97 Å². The average Bonchev–Trinajstić information content (AvgIpc) is 2.73. The number of benzene rings is 3. The van der Waals surface area contributed by atoms with E-state index in [1.165, 1.54) is 29.3 Å². The fourth-order valence-corrected chi connectivity index (χ4v) is 4.94. The summed E-state index contributed by atoms with van der Waals surface area (Å²) in [4.78, 5) is 12.2. The van der Waals surface area contributed by atoms with Crippen molar-refractivity contribution in [2.24, 2.45) is 0 Å². The van der Waals surface area contributed by atoms with Crippen LogP contribution in [0.1, 0.15) is 46.8 Å². The van der Waals surface area contributed by atoms with E-state index in [4.69, 9.17) is 0 Å². The maximum atomic E-state index is 12.6. The Labute approximate surface area is 187 Å². The third-order valence-corrected chi connectivity index (χ3v) is 7.37. The molecule has 31 heavy (non-hydrogen) atoms. The molecule has 3 aromatic rings. The second-order valence-electron chi connectivity index (χ2n) is 7.60. The van der Waals surface area contributed by atoms with E-state index in [9.17, 15) is 18.3 Å². The SMILES string of the molecule is Cc1ccc(S(=O)(=O)Nc2ccc(SCc3ccc(C(C)C)cc3)cc2)cc1C(=O)O. The summed E-state index contributed by atoms with van der Waals surface area (Å²) in [7, 11) is -3.89. The van der Waals surface area contributed by atoms with Gasteiger partial charge < -0.3 is 5.11 Å². The van der Waals surface area contributed by atoms with Crippen molar-refractivity contribution < 1.29 is 18.3 Å². The zero-order chi connectivity index (χ0) is 22.6. The first-order valence-corrected chi connectivity index (χ1v) is 12.3. The molecule has 0 aliphatic heterocycles. The fourth-order valence-electron chi connectivity index (χ4n) is 3.00. The summed E-state index contributed by atoms with van der Waals surface area (Å²) >= 11 is 1.68. The van der Waals surface area contributed by atoms with Crippen LogP contribution in [-0.2, 0) is 15.8 Å². The number of rotatable bonds is 8. The topological polar surface area (TPSA) is 83.5 Å². The number of aryl methyl sites for hydroxylation is 1. The van der Waals surface area contributed by atoms with Crippen LogP contribution >= 0.6 is 11.8 Å². The number of thioether (sulfide) groups is 1. The molecule has 3 aromatic carbocycles. The number of carbonyl (C=O) groups is 1. The van der Waals surface area contributed by atoms with E-state index in [2.05, 4.69) is 42.8 Å². The molecule has 7 heteroatoms. The highest BCUT2D eigenvalue weighted by Gasteiger charge is 2.18. The summed E-state index contributed by atoms with van der Waals surface area (Å²) < 4.78 is 27.8. The minimum absolute atomic E-state index is 0.0314. The molecular weight excluding hydrogens is 430 g/mol. The number of hydrogen-bond acceptors (Lipinski definition) is 4. The Kier molecular flexibility index (Phi) is 7.08. The smallest absolute Gasteiger partial charge is 0.335 e. The normalized spacial score (nSPS) is 11.5. The van der Waals surface area contributed by atoms with Crippen molar-refractivity contribution in [2.75, 3.05) is 4.72 Å². The first kappa shape index (κ1) is 22.9. The quantitative estimate of drug-likeness (QED) is 0.413. The molecule has 0 atom stereocenters. The Balaban J connectivity index is 1.66. The van der Waals surface area contributed by atoms with E-state index < -0.39 is 16.0 Å². The Morgan fingerprint density at radius 2 is 1.65 bits per heavy atom. The van der Waals surface area contributed by atoms with Crippen LogP contribution in [0.4, 0.5) is 5.69 Å². The third kappa shape index (κ3) is 5.89. The molecular formula is C24H25NO4S2. The molecule has 0 saturated carbocycles. The predicted octanol–water partition coefficient (Wildman–Crippen LogP) is 5.91. The summed E-state index contributed by atoms with van der Waals surface area (Å²) in [6, 6.07) is 19.8. The summed E-state index contributed by atoms with van der Waals surface area (Å²) in [5.41, 5.74) is 3.44. The highest BCUT2D eigenvalue weighted by atomic mass is 32.2. The van der Waals surface area contributed by atoms with Crippen molar-refractivity contribution in [2.45, 2.75) is 42.2 Å². The van der Waals surface area contributed by atoms with E-state index >= 15 is 0 Å². The van der Waals surface area contributed by atoms with Gasteiger partial charge in [-0.2, -0.15) is 0 Å². The van der Waals surface area contributed by atoms with Crippen molar-refractivity contribution in [3.8, 4) is 0 Å². The molecule has 0 aliphatic rings. The predicted molar refractivity (Wildman–Crippen MR) is 125 cm³/mol. The van der Waals surface area contributed by atoms with E-state index in [0.717, 1.165) is 10.6 Å². The lowest BCUT2D eigenvalue weighted by atomic mass is 10.0. The van der Waals surface area contributed by atoms with Gasteiger partial charge in [0, 0.05) is 16.3 Å². The van der Waals surface area contributed by atoms with E-state index in [0.29, 0.717) is 17.2 Å². The van der Waals surface area contributed by atoms with E-state index in [1.807, 2.05) is 12.1 Å². The molecule has 162 valence electrons. The molecule has 0 spiro atoms. The lowest BCUT2D eigenvalue weighted by Crippen LogP contribution is -2.14. The van der Waals surface area contributed by atoms with Crippen LogP contribution < -0.4 is 4.72 Å². The van der Waals surface area contributed by atoms with Gasteiger partial charge in [-0.05, 0) is 65.9 Å². The highest BCUT2D eigenvalue weighted by Crippen LogP contribution is 2.26. The molecule has 0 saturated heterocycles. The Morgan fingerprint density at radius 3 is 2.23 bits per heavy atom. The van der Waals surface area contributed by atoms with Gasteiger partial charge in [0.1, 0.15) is 0 Å². The number of anilines is 1. The van der Waals surface area contributed by atoms with Gasteiger partial charge in [0.2, 0.25) is 0 Å². The maximum Gasteiger partial charge on any atom is 0.335 e. The highest BCUT2D eigenvalue weighted by molar-refractivity contribution is 7.98. The number of carboxylic acids is 1. The monoisotopic (exact) mass is 455 g/mol.